The highest BCUT2D eigenvalue weighted by Crippen LogP contribution is 2.60. The van der Waals surface area contributed by atoms with Gasteiger partial charge in [0.05, 0.1) is 0 Å². The second-order valence-corrected chi connectivity index (χ2v) is 5.98. The van der Waals surface area contributed by atoms with Gasteiger partial charge in [-0.1, -0.05) is 68.4 Å². The lowest BCUT2D eigenvalue weighted by Gasteiger charge is -2.16. The molecule has 0 heterocycles. The third-order valence-electron chi connectivity index (χ3n) is 4.31. The fourth-order valence-electron chi connectivity index (χ4n) is 2.74. The summed E-state index contributed by atoms with van der Waals surface area (Å²) in [5.74, 6) is 0. The van der Waals surface area contributed by atoms with Crippen molar-refractivity contribution in [1.82, 2.24) is 0 Å². The summed E-state index contributed by atoms with van der Waals surface area (Å²) in [6, 6.07) is 19.1. The van der Waals surface area contributed by atoms with Crippen molar-refractivity contribution in [2.75, 3.05) is 0 Å². The molecule has 1 heteroatoms. The number of hydrogen-bond acceptors (Lipinski definition) is 1. The van der Waals surface area contributed by atoms with E-state index in [0.717, 1.165) is 6.42 Å². The summed E-state index contributed by atoms with van der Waals surface area (Å²) >= 11 is 0. The number of benzene rings is 2. The number of rotatable bonds is 2. The monoisotopic (exact) mass is 237 g/mol. The minimum absolute atomic E-state index is 0.123. The third-order valence-corrected chi connectivity index (χ3v) is 4.31. The van der Waals surface area contributed by atoms with Gasteiger partial charge in [0.25, 0.3) is 0 Å². The van der Waals surface area contributed by atoms with Gasteiger partial charge in [-0.2, -0.15) is 0 Å². The lowest BCUT2D eigenvalue weighted by Crippen LogP contribution is -2.25. The number of nitrogens with two attached hydrogens (primary N) is 1. The van der Waals surface area contributed by atoms with Gasteiger partial charge in [0.15, 0.2) is 0 Å². The first-order chi connectivity index (χ1) is 8.53. The van der Waals surface area contributed by atoms with Crippen molar-refractivity contribution in [3.05, 3.63) is 60.2 Å². The van der Waals surface area contributed by atoms with Gasteiger partial charge in [-0.25, -0.2) is 0 Å². The highest BCUT2D eigenvalue weighted by molar-refractivity contribution is 5.64. The van der Waals surface area contributed by atoms with Crippen LogP contribution < -0.4 is 5.73 Å². The van der Waals surface area contributed by atoms with E-state index in [-0.39, 0.29) is 11.0 Å². The molecule has 1 fully saturated rings. The zero-order chi connectivity index (χ0) is 12.8. The van der Waals surface area contributed by atoms with Gasteiger partial charge in [-0.15, -0.1) is 0 Å². The quantitative estimate of drug-likeness (QED) is 0.841. The predicted molar refractivity (Wildman–Crippen MR) is 76.1 cm³/mol. The van der Waals surface area contributed by atoms with E-state index in [2.05, 4.69) is 62.4 Å². The van der Waals surface area contributed by atoms with E-state index < -0.39 is 0 Å². The molecule has 1 atom stereocenters. The molecule has 3 rings (SSSR count). The third kappa shape index (κ3) is 1.67. The van der Waals surface area contributed by atoms with Gasteiger partial charge in [-0.05, 0) is 28.5 Å². The molecule has 0 aromatic heterocycles. The lowest BCUT2D eigenvalue weighted by atomic mass is 9.95. The van der Waals surface area contributed by atoms with Crippen LogP contribution in [-0.4, -0.2) is 0 Å². The molecular weight excluding hydrogens is 218 g/mol. The van der Waals surface area contributed by atoms with Crippen LogP contribution in [0.25, 0.3) is 11.1 Å². The van der Waals surface area contributed by atoms with E-state index in [0.29, 0.717) is 0 Å². The van der Waals surface area contributed by atoms with Crippen LogP contribution in [0, 0.1) is 5.41 Å². The SMILES string of the molecule is CC1(C)CC1(N)c1ccc(-c2ccccc2)cc1. The molecule has 18 heavy (non-hydrogen) atoms. The van der Waals surface area contributed by atoms with E-state index in [9.17, 15) is 0 Å². The van der Waals surface area contributed by atoms with Crippen molar-refractivity contribution in [2.45, 2.75) is 25.8 Å². The first-order valence-corrected chi connectivity index (χ1v) is 6.48. The molecule has 1 nitrogen and oxygen atoms in total. The molecule has 92 valence electrons. The second kappa shape index (κ2) is 3.69. The topological polar surface area (TPSA) is 26.0 Å². The molecule has 0 radical (unpaired) electrons. The van der Waals surface area contributed by atoms with Crippen molar-refractivity contribution in [3.8, 4) is 11.1 Å². The smallest absolute Gasteiger partial charge is 0.0468 e. The molecule has 0 amide bonds. The fourth-order valence-corrected chi connectivity index (χ4v) is 2.74. The van der Waals surface area contributed by atoms with Crippen LogP contribution in [0.4, 0.5) is 0 Å². The first kappa shape index (κ1) is 11.5. The largest absolute Gasteiger partial charge is 0.321 e. The Hall–Kier alpha value is -1.60. The number of hydrogen-bond donors (Lipinski definition) is 1. The minimum atomic E-state index is -0.123. The van der Waals surface area contributed by atoms with Gasteiger partial charge in [0, 0.05) is 5.54 Å². The Kier molecular flexibility index (Phi) is 2.36. The normalized spacial score (nSPS) is 24.8. The van der Waals surface area contributed by atoms with Gasteiger partial charge in [0.1, 0.15) is 0 Å². The maximum absolute atomic E-state index is 6.43. The minimum Gasteiger partial charge on any atom is -0.321 e. The second-order valence-electron chi connectivity index (χ2n) is 5.98. The van der Waals surface area contributed by atoms with E-state index in [1.165, 1.54) is 16.7 Å². The van der Waals surface area contributed by atoms with E-state index in [4.69, 9.17) is 5.73 Å². The van der Waals surface area contributed by atoms with Crippen molar-refractivity contribution in [1.29, 1.82) is 0 Å². The Balaban J connectivity index is 1.92. The highest BCUT2D eigenvalue weighted by Gasteiger charge is 2.59. The van der Waals surface area contributed by atoms with E-state index in [1.54, 1.807) is 0 Å². The maximum Gasteiger partial charge on any atom is 0.0468 e. The summed E-state index contributed by atoms with van der Waals surface area (Å²) in [6.45, 7) is 4.47. The molecule has 0 aliphatic heterocycles. The standard InChI is InChI=1S/C17H19N/c1-16(2)12-17(16,18)15-10-8-14(9-11-15)13-6-4-3-5-7-13/h3-11H,12,18H2,1-2H3. The van der Waals surface area contributed by atoms with Crippen LogP contribution in [0.1, 0.15) is 25.8 Å². The highest BCUT2D eigenvalue weighted by atomic mass is 14.9. The van der Waals surface area contributed by atoms with Gasteiger partial charge in [-0.3, -0.25) is 0 Å². The molecule has 0 spiro atoms. The first-order valence-electron chi connectivity index (χ1n) is 6.48. The van der Waals surface area contributed by atoms with Gasteiger partial charge in [0.2, 0.25) is 0 Å². The van der Waals surface area contributed by atoms with Crippen LogP contribution in [0.3, 0.4) is 0 Å². The molecule has 1 unspecified atom stereocenters. The van der Waals surface area contributed by atoms with Crippen molar-refractivity contribution in [2.24, 2.45) is 11.1 Å². The zero-order valence-corrected chi connectivity index (χ0v) is 11.0. The Bertz CT molecular complexity index is 554. The maximum atomic E-state index is 6.43. The summed E-state index contributed by atoms with van der Waals surface area (Å²) < 4.78 is 0. The van der Waals surface area contributed by atoms with Crippen molar-refractivity contribution in [3.63, 3.8) is 0 Å². The van der Waals surface area contributed by atoms with Crippen molar-refractivity contribution < 1.29 is 0 Å². The fraction of sp³-hybridized carbons (Fsp3) is 0.294. The average molecular weight is 237 g/mol. The van der Waals surface area contributed by atoms with Crippen LogP contribution >= 0.6 is 0 Å². The molecule has 2 aromatic rings. The van der Waals surface area contributed by atoms with E-state index >= 15 is 0 Å². The Labute approximate surface area is 109 Å². The molecule has 1 saturated carbocycles. The summed E-state index contributed by atoms with van der Waals surface area (Å²) in [7, 11) is 0. The average Bonchev–Trinajstić information content (AvgIpc) is 2.91. The molecule has 2 N–H and O–H groups in total. The Morgan fingerprint density at radius 1 is 0.833 bits per heavy atom. The van der Waals surface area contributed by atoms with Crippen LogP contribution in [0.2, 0.25) is 0 Å². The van der Waals surface area contributed by atoms with Crippen molar-refractivity contribution >= 4 is 0 Å². The summed E-state index contributed by atoms with van der Waals surface area (Å²) in [6.07, 6.45) is 1.07. The van der Waals surface area contributed by atoms with Crippen LogP contribution in [-0.2, 0) is 5.54 Å². The summed E-state index contributed by atoms with van der Waals surface area (Å²) in [5, 5.41) is 0. The molecule has 1 aliphatic rings. The lowest BCUT2D eigenvalue weighted by molar-refractivity contribution is 0.510. The molecule has 1 aliphatic carbocycles. The summed E-state index contributed by atoms with van der Waals surface area (Å²) in [4.78, 5) is 0. The predicted octanol–water partition coefficient (Wildman–Crippen LogP) is 3.94. The molecule has 2 aromatic carbocycles. The Morgan fingerprint density at radius 2 is 1.33 bits per heavy atom. The zero-order valence-electron chi connectivity index (χ0n) is 11.0. The van der Waals surface area contributed by atoms with E-state index in [1.807, 2.05) is 6.07 Å². The molecule has 0 saturated heterocycles. The van der Waals surface area contributed by atoms with Gasteiger partial charge < -0.3 is 5.73 Å². The Morgan fingerprint density at radius 3 is 1.83 bits per heavy atom. The molecule has 0 bridgehead atoms. The van der Waals surface area contributed by atoms with Gasteiger partial charge >= 0.3 is 0 Å². The van der Waals surface area contributed by atoms with Crippen LogP contribution in [0.5, 0.6) is 0 Å². The molecular formula is C17H19N. The summed E-state index contributed by atoms with van der Waals surface area (Å²) in [5.41, 5.74) is 10.3. The van der Waals surface area contributed by atoms with Crippen LogP contribution in [0.15, 0.2) is 54.6 Å².